The zero-order valence-electron chi connectivity index (χ0n) is 28.1. The molecule has 2 aromatic heterocycles. The van der Waals surface area contributed by atoms with Gasteiger partial charge in [0.2, 0.25) is 0 Å². The van der Waals surface area contributed by atoms with Crippen LogP contribution in [0.5, 0.6) is 0 Å². The highest BCUT2D eigenvalue weighted by atomic mass is 32.1. The summed E-state index contributed by atoms with van der Waals surface area (Å²) < 4.78 is 3.01. The van der Waals surface area contributed by atoms with Crippen LogP contribution in [0.3, 0.4) is 0 Å². The first kappa shape index (κ1) is 32.9. The lowest BCUT2D eigenvalue weighted by Crippen LogP contribution is -2.73. The van der Waals surface area contributed by atoms with Gasteiger partial charge in [-0.25, -0.2) is 4.85 Å². The standard InChI is InChI=1S/C42H36N2S2Si3/c1-44-34-22-20-32(21-23-34)25-27-48(4,5)40-29-38-42(46-40)41-37(49(38,35-12-8-6-9-13-35)36-14-10-7-11-15-36)28-39(45-41)47(2,3)26-24-31-16-18-33(30-43)19-17-31/h6-29H,2-5H3/b26-24+,27-25+. The van der Waals surface area contributed by atoms with Gasteiger partial charge in [0.1, 0.15) is 16.1 Å². The molecular weight excluding hydrogens is 681 g/mol. The van der Waals surface area contributed by atoms with Gasteiger partial charge in [-0.2, -0.15) is 5.26 Å². The van der Waals surface area contributed by atoms with Crippen molar-refractivity contribution in [2.75, 3.05) is 0 Å². The van der Waals surface area contributed by atoms with E-state index in [0.717, 1.165) is 11.1 Å². The predicted molar refractivity (Wildman–Crippen MR) is 221 cm³/mol. The first-order chi connectivity index (χ1) is 23.7. The number of benzene rings is 4. The van der Waals surface area contributed by atoms with E-state index in [1.165, 1.54) is 29.1 Å². The van der Waals surface area contributed by atoms with E-state index in [0.29, 0.717) is 11.3 Å². The second-order valence-electron chi connectivity index (χ2n) is 13.7. The largest absolute Gasteiger partial charge is 0.238 e. The number of hydrogen-bond acceptors (Lipinski definition) is 3. The highest BCUT2D eigenvalue weighted by molar-refractivity contribution is 7.41. The summed E-state index contributed by atoms with van der Waals surface area (Å²) in [7, 11) is -6.52. The number of rotatable bonds is 8. The fourth-order valence-corrected chi connectivity index (χ4v) is 21.0. The Balaban J connectivity index is 1.38. The van der Waals surface area contributed by atoms with Crippen molar-refractivity contribution in [3.8, 4) is 15.8 Å². The summed E-state index contributed by atoms with van der Waals surface area (Å²) in [5.74, 6) is 0. The molecule has 7 heteroatoms. The van der Waals surface area contributed by atoms with Crippen LogP contribution in [0, 0.1) is 17.9 Å². The van der Waals surface area contributed by atoms with Crippen LogP contribution in [-0.2, 0) is 0 Å². The van der Waals surface area contributed by atoms with Crippen molar-refractivity contribution < 1.29 is 0 Å². The summed E-state index contributed by atoms with van der Waals surface area (Å²) in [6.45, 7) is 17.1. The Bertz CT molecular complexity index is 2120. The molecule has 1 aliphatic rings. The molecule has 0 saturated carbocycles. The lowest BCUT2D eigenvalue weighted by molar-refractivity contribution is 1.48. The Hall–Kier alpha value is -4.61. The number of nitriles is 1. The molecule has 0 aliphatic carbocycles. The van der Waals surface area contributed by atoms with Crippen molar-refractivity contribution >= 4 is 94.5 Å². The van der Waals surface area contributed by atoms with E-state index in [4.69, 9.17) is 6.57 Å². The van der Waals surface area contributed by atoms with Gasteiger partial charge in [0.25, 0.3) is 0 Å². The average molecular weight is 717 g/mol. The monoisotopic (exact) mass is 716 g/mol. The van der Waals surface area contributed by atoms with Crippen molar-refractivity contribution in [3.63, 3.8) is 0 Å². The van der Waals surface area contributed by atoms with Gasteiger partial charge in [-0.05, 0) is 53.0 Å². The van der Waals surface area contributed by atoms with Crippen LogP contribution < -0.4 is 29.7 Å². The van der Waals surface area contributed by atoms with Crippen molar-refractivity contribution in [2.24, 2.45) is 0 Å². The van der Waals surface area contributed by atoms with Crippen LogP contribution >= 0.6 is 22.7 Å². The van der Waals surface area contributed by atoms with Crippen LogP contribution in [0.25, 0.3) is 26.8 Å². The summed E-state index contributed by atoms with van der Waals surface area (Å²) in [5.41, 5.74) is 8.55. The fourth-order valence-electron chi connectivity index (χ4n) is 6.72. The number of thiophene rings is 2. The molecule has 0 N–H and O–H groups in total. The molecule has 2 nitrogen and oxygen atoms in total. The molecule has 7 rings (SSSR count). The van der Waals surface area contributed by atoms with E-state index in [-0.39, 0.29) is 0 Å². The van der Waals surface area contributed by atoms with E-state index in [9.17, 15) is 5.26 Å². The highest BCUT2D eigenvalue weighted by Gasteiger charge is 2.52. The van der Waals surface area contributed by atoms with E-state index < -0.39 is 24.2 Å². The maximum Gasteiger partial charge on any atom is 0.187 e. The maximum absolute atomic E-state index is 9.24. The number of hydrogen-bond donors (Lipinski definition) is 0. The smallest absolute Gasteiger partial charge is 0.187 e. The molecule has 0 radical (unpaired) electrons. The van der Waals surface area contributed by atoms with Crippen molar-refractivity contribution in [3.05, 3.63) is 161 Å². The summed E-state index contributed by atoms with van der Waals surface area (Å²) in [4.78, 5) is 6.49. The van der Waals surface area contributed by atoms with Crippen LogP contribution in [0.15, 0.2) is 133 Å². The minimum atomic E-state index is -2.58. The van der Waals surface area contributed by atoms with Gasteiger partial charge in [0.05, 0.1) is 18.2 Å². The van der Waals surface area contributed by atoms with E-state index in [1.807, 2.05) is 71.2 Å². The molecule has 0 amide bonds. The van der Waals surface area contributed by atoms with Crippen molar-refractivity contribution in [1.29, 1.82) is 5.26 Å². The second kappa shape index (κ2) is 13.0. The number of fused-ring (bicyclic) bond motifs is 3. The van der Waals surface area contributed by atoms with Gasteiger partial charge < -0.3 is 0 Å². The van der Waals surface area contributed by atoms with Gasteiger partial charge in [0.15, 0.2) is 13.8 Å². The topological polar surface area (TPSA) is 28.1 Å². The zero-order valence-corrected chi connectivity index (χ0v) is 32.7. The lowest BCUT2D eigenvalue weighted by Gasteiger charge is -2.30. The zero-order chi connectivity index (χ0) is 34.2. The van der Waals surface area contributed by atoms with Crippen LogP contribution in [0.2, 0.25) is 26.2 Å². The lowest BCUT2D eigenvalue weighted by atomic mass is 10.1. The quantitative estimate of drug-likeness (QED) is 0.116. The van der Waals surface area contributed by atoms with Crippen molar-refractivity contribution in [1.82, 2.24) is 0 Å². The van der Waals surface area contributed by atoms with Crippen LogP contribution in [0.1, 0.15) is 16.7 Å². The Morgan fingerprint density at radius 1 is 0.633 bits per heavy atom. The Morgan fingerprint density at radius 2 is 1.06 bits per heavy atom. The average Bonchev–Trinajstić information content (AvgIpc) is 3.84. The molecule has 0 bridgehead atoms. The first-order valence-corrected chi connectivity index (χ1v) is 26.2. The Kier molecular flexibility index (Phi) is 8.74. The Labute approximate surface area is 300 Å². The van der Waals surface area contributed by atoms with Gasteiger partial charge in [-0.3, -0.25) is 0 Å². The third-order valence-corrected chi connectivity index (χ3v) is 25.4. The minimum absolute atomic E-state index is 0.675. The van der Waals surface area contributed by atoms with Crippen LogP contribution in [-0.4, -0.2) is 24.2 Å². The van der Waals surface area contributed by atoms with Crippen LogP contribution in [0.4, 0.5) is 5.69 Å². The number of nitrogens with zero attached hydrogens (tertiary/aromatic N) is 2. The molecule has 0 saturated heterocycles. The minimum Gasteiger partial charge on any atom is -0.238 e. The molecule has 3 heterocycles. The predicted octanol–water partition coefficient (Wildman–Crippen LogP) is 7.93. The molecule has 1 aliphatic heterocycles. The van der Waals surface area contributed by atoms with Gasteiger partial charge in [-0.15, -0.1) is 22.7 Å². The van der Waals surface area contributed by atoms with E-state index >= 15 is 0 Å². The third-order valence-electron chi connectivity index (χ3n) is 9.61. The SMILES string of the molecule is [C-]#[N+]c1ccc(/C=C/[Si](C)(C)c2cc3c(s2)-c2sc([Si](C)(C)/C=C/c4ccc(C#N)cc4)cc2[Si]3(c2ccccc2)c2ccccc2)cc1. The molecule has 0 fully saturated rings. The normalized spacial score (nSPS) is 13.7. The van der Waals surface area contributed by atoms with Gasteiger partial charge in [-0.1, -0.05) is 159 Å². The molecule has 0 spiro atoms. The molecule has 0 atom stereocenters. The van der Waals surface area contributed by atoms with Crippen molar-refractivity contribution in [2.45, 2.75) is 26.2 Å². The van der Waals surface area contributed by atoms with Gasteiger partial charge >= 0.3 is 0 Å². The summed E-state index contributed by atoms with van der Waals surface area (Å²) >= 11 is 4.06. The third kappa shape index (κ3) is 5.99. The maximum atomic E-state index is 9.24. The van der Waals surface area contributed by atoms with E-state index in [1.54, 1.807) is 10.4 Å². The molecule has 0 unspecified atom stereocenters. The first-order valence-electron chi connectivity index (χ1n) is 16.4. The molecule has 4 aromatic carbocycles. The molecular formula is C42H36N2S2Si3. The second-order valence-corrected chi connectivity index (χ2v) is 28.9. The molecule has 238 valence electrons. The van der Waals surface area contributed by atoms with Gasteiger partial charge in [0, 0.05) is 9.75 Å². The highest BCUT2D eigenvalue weighted by Crippen LogP contribution is 2.37. The summed E-state index contributed by atoms with van der Waals surface area (Å²) in [5, 5.41) is 15.2. The fraction of sp³-hybridized carbons (Fsp3) is 0.0952. The summed E-state index contributed by atoms with van der Waals surface area (Å²) in [6, 6.07) is 45.8. The van der Waals surface area contributed by atoms with E-state index in [2.05, 4.69) is 133 Å². The Morgan fingerprint density at radius 3 is 1.47 bits per heavy atom. The molecule has 49 heavy (non-hydrogen) atoms. The molecule has 6 aromatic rings. The summed E-state index contributed by atoms with van der Waals surface area (Å²) in [6.07, 6.45) is 4.51.